The van der Waals surface area contributed by atoms with Crippen LogP contribution >= 0.6 is 15.9 Å². The van der Waals surface area contributed by atoms with Gasteiger partial charge in [-0.2, -0.15) is 0 Å². The normalized spacial score (nSPS) is 13.8. The van der Waals surface area contributed by atoms with E-state index in [-0.39, 0.29) is 5.41 Å². The van der Waals surface area contributed by atoms with Crippen LogP contribution < -0.4 is 0 Å². The highest BCUT2D eigenvalue weighted by Crippen LogP contribution is 2.63. The number of rotatable bonds is 1. The summed E-state index contributed by atoms with van der Waals surface area (Å²) in [5.74, 6) is 0. The molecule has 0 saturated heterocycles. The van der Waals surface area contributed by atoms with Gasteiger partial charge in [-0.25, -0.2) is 0 Å². The number of hydrogen-bond donors (Lipinski definition) is 0. The van der Waals surface area contributed by atoms with E-state index in [4.69, 9.17) is 0 Å². The second-order valence-electron chi connectivity index (χ2n) is 10.9. The molecule has 7 aromatic rings. The molecule has 7 aromatic carbocycles. The van der Waals surface area contributed by atoms with E-state index in [0.29, 0.717) is 0 Å². The number of halogens is 1. The third kappa shape index (κ3) is 2.66. The predicted molar refractivity (Wildman–Crippen MR) is 171 cm³/mol. The van der Waals surface area contributed by atoms with Gasteiger partial charge in [0.25, 0.3) is 0 Å². The van der Waals surface area contributed by atoms with Gasteiger partial charge in [-0.05, 0) is 99.2 Å². The molecular formula is C39H23Br. The van der Waals surface area contributed by atoms with Crippen molar-refractivity contribution in [3.8, 4) is 33.4 Å². The highest BCUT2D eigenvalue weighted by molar-refractivity contribution is 9.10. The molecule has 9 rings (SSSR count). The quantitative estimate of drug-likeness (QED) is 0.172. The molecule has 0 amide bonds. The predicted octanol–water partition coefficient (Wildman–Crippen LogP) is 10.8. The van der Waals surface area contributed by atoms with E-state index >= 15 is 0 Å². The van der Waals surface area contributed by atoms with E-state index in [1.54, 1.807) is 0 Å². The molecule has 0 fully saturated rings. The maximum atomic E-state index is 3.94. The summed E-state index contributed by atoms with van der Waals surface area (Å²) in [6, 6.07) is 51.8. The minimum Gasteiger partial charge on any atom is -0.0619 e. The van der Waals surface area contributed by atoms with Crippen LogP contribution in [-0.4, -0.2) is 0 Å². The van der Waals surface area contributed by atoms with E-state index in [1.165, 1.54) is 77.2 Å². The maximum absolute atomic E-state index is 3.94. The minimum atomic E-state index is -0.337. The summed E-state index contributed by atoms with van der Waals surface area (Å²) < 4.78 is 1.16. The smallest absolute Gasteiger partial charge is 0.0619 e. The molecule has 1 heteroatoms. The van der Waals surface area contributed by atoms with E-state index in [2.05, 4.69) is 155 Å². The number of hydrogen-bond acceptors (Lipinski definition) is 0. The van der Waals surface area contributed by atoms with Crippen molar-refractivity contribution in [1.82, 2.24) is 0 Å². The van der Waals surface area contributed by atoms with Crippen molar-refractivity contribution >= 4 is 37.5 Å². The van der Waals surface area contributed by atoms with Crippen molar-refractivity contribution < 1.29 is 0 Å². The van der Waals surface area contributed by atoms with Crippen LogP contribution in [0.2, 0.25) is 0 Å². The zero-order chi connectivity index (χ0) is 26.4. The second kappa shape index (κ2) is 8.03. The summed E-state index contributed by atoms with van der Waals surface area (Å²) in [5, 5.41) is 5.02. The SMILES string of the molecule is Brc1c2ccccc2c(-c2ccc3c(c2)C2(c4ccccc4-c4ccccc42)c2ccccc2-3)c2ccccc12. The molecule has 0 nitrogen and oxygen atoms in total. The Morgan fingerprint density at radius 3 is 1.27 bits per heavy atom. The molecular weight excluding hydrogens is 548 g/mol. The average Bonchev–Trinajstić information content (AvgIpc) is 3.49. The Labute approximate surface area is 241 Å². The molecule has 1 spiro atoms. The van der Waals surface area contributed by atoms with Crippen molar-refractivity contribution in [3.63, 3.8) is 0 Å². The molecule has 0 unspecified atom stereocenters. The van der Waals surface area contributed by atoms with Gasteiger partial charge in [-0.1, -0.05) is 133 Å². The maximum Gasteiger partial charge on any atom is 0.0725 e. The van der Waals surface area contributed by atoms with Crippen LogP contribution in [0.15, 0.2) is 144 Å². The molecule has 2 aliphatic rings. The van der Waals surface area contributed by atoms with E-state index in [1.807, 2.05) is 0 Å². The standard InChI is InChI=1S/C39H23Br/c40-38-31-16-3-1-14-29(31)37(30-15-2-4-17-32(30)38)24-21-22-28-27-13-7-10-20-35(27)39(36(28)23-24)33-18-8-5-11-25(33)26-12-6-9-19-34(26)39/h1-23H. The van der Waals surface area contributed by atoms with Crippen molar-refractivity contribution in [2.45, 2.75) is 5.41 Å². The van der Waals surface area contributed by atoms with Gasteiger partial charge in [0.05, 0.1) is 5.41 Å². The molecule has 0 aliphatic heterocycles. The molecule has 2 aliphatic carbocycles. The Bertz CT molecular complexity index is 2060. The zero-order valence-corrected chi connectivity index (χ0v) is 23.2. The first-order valence-corrected chi connectivity index (χ1v) is 14.6. The summed E-state index contributed by atoms with van der Waals surface area (Å²) in [4.78, 5) is 0. The third-order valence-corrected chi connectivity index (χ3v) is 10.0. The molecule has 0 atom stereocenters. The van der Waals surface area contributed by atoms with Crippen LogP contribution in [0.1, 0.15) is 22.3 Å². The topological polar surface area (TPSA) is 0 Å². The fraction of sp³-hybridized carbons (Fsp3) is 0.0256. The molecule has 0 saturated carbocycles. The van der Waals surface area contributed by atoms with Gasteiger partial charge in [-0.15, -0.1) is 0 Å². The monoisotopic (exact) mass is 570 g/mol. The van der Waals surface area contributed by atoms with E-state index < -0.39 is 0 Å². The lowest BCUT2D eigenvalue weighted by Crippen LogP contribution is -2.25. The van der Waals surface area contributed by atoms with Crippen molar-refractivity contribution in [2.75, 3.05) is 0 Å². The second-order valence-corrected chi connectivity index (χ2v) is 11.7. The van der Waals surface area contributed by atoms with Gasteiger partial charge in [0, 0.05) is 4.47 Å². The molecule has 0 radical (unpaired) electrons. The third-order valence-electron chi connectivity index (χ3n) is 9.15. The van der Waals surface area contributed by atoms with Crippen molar-refractivity contribution in [1.29, 1.82) is 0 Å². The Hall–Kier alpha value is -4.46. The van der Waals surface area contributed by atoms with Crippen LogP contribution in [0.25, 0.3) is 54.9 Å². The molecule has 0 N–H and O–H groups in total. The van der Waals surface area contributed by atoms with Crippen LogP contribution in [0, 0.1) is 0 Å². The van der Waals surface area contributed by atoms with Crippen LogP contribution in [-0.2, 0) is 5.41 Å². The summed E-state index contributed by atoms with van der Waals surface area (Å²) in [7, 11) is 0. The van der Waals surface area contributed by atoms with Gasteiger partial charge in [0.15, 0.2) is 0 Å². The van der Waals surface area contributed by atoms with E-state index in [0.717, 1.165) is 4.47 Å². The fourth-order valence-electron chi connectivity index (χ4n) is 7.64. The fourth-order valence-corrected chi connectivity index (χ4v) is 8.33. The zero-order valence-electron chi connectivity index (χ0n) is 21.7. The lowest BCUT2D eigenvalue weighted by molar-refractivity contribution is 0.794. The Morgan fingerprint density at radius 1 is 0.375 bits per heavy atom. The summed E-state index contributed by atoms with van der Waals surface area (Å²) >= 11 is 3.94. The van der Waals surface area contributed by atoms with Crippen LogP contribution in [0.4, 0.5) is 0 Å². The van der Waals surface area contributed by atoms with Gasteiger partial charge >= 0.3 is 0 Å². The Morgan fingerprint density at radius 2 is 0.775 bits per heavy atom. The highest BCUT2D eigenvalue weighted by atomic mass is 79.9. The van der Waals surface area contributed by atoms with Crippen LogP contribution in [0.5, 0.6) is 0 Å². The molecule has 0 aromatic heterocycles. The molecule has 40 heavy (non-hydrogen) atoms. The first-order chi connectivity index (χ1) is 19.8. The molecule has 0 heterocycles. The van der Waals surface area contributed by atoms with Crippen molar-refractivity contribution in [2.24, 2.45) is 0 Å². The Kier molecular flexibility index (Phi) is 4.49. The first kappa shape index (κ1) is 22.4. The van der Waals surface area contributed by atoms with Crippen LogP contribution in [0.3, 0.4) is 0 Å². The van der Waals surface area contributed by atoms with Crippen molar-refractivity contribution in [3.05, 3.63) is 166 Å². The molecule has 0 bridgehead atoms. The Balaban J connectivity index is 1.44. The first-order valence-electron chi connectivity index (χ1n) is 13.8. The lowest BCUT2D eigenvalue weighted by Gasteiger charge is -2.30. The van der Waals surface area contributed by atoms with Gasteiger partial charge < -0.3 is 0 Å². The average molecular weight is 572 g/mol. The summed E-state index contributed by atoms with van der Waals surface area (Å²) in [5.41, 5.74) is 13.1. The van der Waals surface area contributed by atoms with E-state index in [9.17, 15) is 0 Å². The van der Waals surface area contributed by atoms with Gasteiger partial charge in [0.1, 0.15) is 0 Å². The molecule has 186 valence electrons. The largest absolute Gasteiger partial charge is 0.0725 e. The highest BCUT2D eigenvalue weighted by Gasteiger charge is 2.51. The van der Waals surface area contributed by atoms with Gasteiger partial charge in [-0.3, -0.25) is 0 Å². The summed E-state index contributed by atoms with van der Waals surface area (Å²) in [6.07, 6.45) is 0. The number of benzene rings is 7. The summed E-state index contributed by atoms with van der Waals surface area (Å²) in [6.45, 7) is 0. The number of fused-ring (bicyclic) bond motifs is 12. The lowest BCUT2D eigenvalue weighted by atomic mass is 9.70. The minimum absolute atomic E-state index is 0.337. The van der Waals surface area contributed by atoms with Gasteiger partial charge in [0.2, 0.25) is 0 Å².